The normalized spacial score (nSPS) is 34.1. The van der Waals surface area contributed by atoms with Gasteiger partial charge in [-0.1, -0.05) is 68.0 Å². The topological polar surface area (TPSA) is 0 Å². The van der Waals surface area contributed by atoms with Crippen LogP contribution < -0.4 is 0 Å². The van der Waals surface area contributed by atoms with Crippen LogP contribution in [0.5, 0.6) is 0 Å². The average molecular weight is 417 g/mol. The molecule has 0 radical (unpaired) electrons. The van der Waals surface area contributed by atoms with Crippen molar-refractivity contribution in [1.29, 1.82) is 0 Å². The van der Waals surface area contributed by atoms with Gasteiger partial charge in [0, 0.05) is 0 Å². The zero-order valence-corrected chi connectivity index (χ0v) is 19.9. The van der Waals surface area contributed by atoms with Gasteiger partial charge in [0.25, 0.3) is 0 Å². The molecule has 0 bridgehead atoms. The Bertz CT molecular complexity index is 720. The van der Waals surface area contributed by atoms with Crippen LogP contribution >= 0.6 is 0 Å². The molecule has 0 N–H and O–H groups in total. The number of hydrogen-bond donors (Lipinski definition) is 0. The number of hydrogen-bond acceptors (Lipinski definition) is 0. The molecule has 3 aliphatic rings. The average Bonchev–Trinajstić information content (AvgIpc) is 2.84. The van der Waals surface area contributed by atoms with E-state index in [0.717, 1.165) is 29.6 Å². The van der Waals surface area contributed by atoms with Gasteiger partial charge in [-0.3, -0.25) is 0 Å². The van der Waals surface area contributed by atoms with E-state index < -0.39 is 0 Å². The largest absolute Gasteiger partial charge is 0.102 e. The first-order valence-electron chi connectivity index (χ1n) is 13.3. The quantitative estimate of drug-likeness (QED) is 0.389. The Balaban J connectivity index is 1.18. The number of rotatable bonds is 7. The second-order valence-corrected chi connectivity index (χ2v) is 10.7. The summed E-state index contributed by atoms with van der Waals surface area (Å²) in [6, 6.07) is 9.54. The van der Waals surface area contributed by atoms with Crippen molar-refractivity contribution in [1.82, 2.24) is 0 Å². The van der Waals surface area contributed by atoms with Gasteiger partial charge in [-0.2, -0.15) is 0 Å². The highest BCUT2D eigenvalue weighted by Crippen LogP contribution is 2.40. The van der Waals surface area contributed by atoms with Crippen molar-refractivity contribution in [2.75, 3.05) is 0 Å². The monoisotopic (exact) mass is 416 g/mol. The van der Waals surface area contributed by atoms with Crippen molar-refractivity contribution in [3.8, 4) is 0 Å². The summed E-state index contributed by atoms with van der Waals surface area (Å²) >= 11 is 0. The second kappa shape index (κ2) is 11.3. The maximum atomic E-state index is 3.96. The fraction of sp³-hybridized carbons (Fsp3) is 0.613. The molecule has 2 saturated carbocycles. The van der Waals surface area contributed by atoms with Gasteiger partial charge >= 0.3 is 0 Å². The molecule has 168 valence electrons. The van der Waals surface area contributed by atoms with E-state index in [2.05, 4.69) is 68.1 Å². The second-order valence-electron chi connectivity index (χ2n) is 10.7. The molecule has 2 unspecified atom stereocenters. The van der Waals surface area contributed by atoms with E-state index in [1.54, 1.807) is 5.56 Å². The van der Waals surface area contributed by atoms with Crippen molar-refractivity contribution in [3.63, 3.8) is 0 Å². The molecule has 3 aliphatic carbocycles. The third-order valence-electron chi connectivity index (χ3n) is 8.58. The Morgan fingerprint density at radius 2 is 1.42 bits per heavy atom. The Hall–Kier alpha value is -1.56. The molecule has 4 rings (SSSR count). The van der Waals surface area contributed by atoms with Crippen molar-refractivity contribution < 1.29 is 0 Å². The summed E-state index contributed by atoms with van der Waals surface area (Å²) < 4.78 is 0. The van der Waals surface area contributed by atoms with Crippen LogP contribution in [0.2, 0.25) is 0 Å². The molecule has 0 nitrogen and oxygen atoms in total. The van der Waals surface area contributed by atoms with E-state index in [1.807, 2.05) is 0 Å². The van der Waals surface area contributed by atoms with Gasteiger partial charge in [0.2, 0.25) is 0 Å². The van der Waals surface area contributed by atoms with Crippen LogP contribution in [0, 0.1) is 29.6 Å². The van der Waals surface area contributed by atoms with Gasteiger partial charge in [-0.05, 0) is 117 Å². The lowest BCUT2D eigenvalue weighted by atomic mass is 9.71. The predicted octanol–water partition coefficient (Wildman–Crippen LogP) is 9.04. The first-order chi connectivity index (χ1) is 15.2. The smallest absolute Gasteiger partial charge is 0.00559 e. The highest BCUT2D eigenvalue weighted by Gasteiger charge is 2.27. The van der Waals surface area contributed by atoms with Gasteiger partial charge in [0.1, 0.15) is 0 Å². The van der Waals surface area contributed by atoms with Crippen LogP contribution in [0.25, 0.3) is 0 Å². The fourth-order valence-corrected chi connectivity index (χ4v) is 6.42. The van der Waals surface area contributed by atoms with Gasteiger partial charge in [-0.25, -0.2) is 0 Å². The van der Waals surface area contributed by atoms with Crippen molar-refractivity contribution in [2.24, 2.45) is 29.6 Å². The number of aryl methyl sites for hydroxylation is 1. The van der Waals surface area contributed by atoms with Crippen molar-refractivity contribution in [3.05, 3.63) is 72.4 Å². The maximum Gasteiger partial charge on any atom is -0.00559 e. The van der Waals surface area contributed by atoms with Crippen LogP contribution in [-0.2, 0) is 6.42 Å². The summed E-state index contributed by atoms with van der Waals surface area (Å²) in [7, 11) is 0. The fourth-order valence-electron chi connectivity index (χ4n) is 6.42. The molecule has 2 atom stereocenters. The zero-order chi connectivity index (χ0) is 21.5. The molecule has 0 aliphatic heterocycles. The van der Waals surface area contributed by atoms with Crippen LogP contribution in [0.3, 0.4) is 0 Å². The van der Waals surface area contributed by atoms with E-state index >= 15 is 0 Å². The van der Waals surface area contributed by atoms with Gasteiger partial charge < -0.3 is 0 Å². The molecule has 0 amide bonds. The van der Waals surface area contributed by atoms with E-state index in [9.17, 15) is 0 Å². The molecule has 0 heteroatoms. The van der Waals surface area contributed by atoms with Crippen molar-refractivity contribution in [2.45, 2.75) is 89.9 Å². The molecule has 1 aromatic carbocycles. The summed E-state index contributed by atoms with van der Waals surface area (Å²) in [4.78, 5) is 0. The lowest BCUT2D eigenvalue weighted by Gasteiger charge is -2.34. The van der Waals surface area contributed by atoms with Gasteiger partial charge in [-0.15, -0.1) is 6.58 Å². The molecule has 0 spiro atoms. The Kier molecular flexibility index (Phi) is 8.28. The molecule has 0 saturated heterocycles. The number of allylic oxidation sites excluding steroid dienone is 5. The van der Waals surface area contributed by atoms with Crippen LogP contribution in [0.1, 0.15) is 94.6 Å². The standard InChI is InChI=1S/C31H44/c1-3-5-25-10-18-29(19-11-25)31-22-14-27(15-23-31)7-6-26-12-20-30(21-13-26)28-16-8-24(4-2)9-17-28/h4,6-8,10-11,16,18-19,24,26-28,30-31H,2-3,5,9,12-15,17,20-23H2,1H3/b7-6+. The highest BCUT2D eigenvalue weighted by molar-refractivity contribution is 5.26. The van der Waals surface area contributed by atoms with Gasteiger partial charge in [0.15, 0.2) is 0 Å². The predicted molar refractivity (Wildman–Crippen MR) is 135 cm³/mol. The Morgan fingerprint density at radius 1 is 0.774 bits per heavy atom. The van der Waals surface area contributed by atoms with Crippen LogP contribution in [-0.4, -0.2) is 0 Å². The molecular formula is C31H44. The minimum Gasteiger partial charge on any atom is -0.102 e. The summed E-state index contributed by atoms with van der Waals surface area (Å²) in [6.07, 6.45) is 28.6. The Morgan fingerprint density at radius 3 is 1.97 bits per heavy atom. The zero-order valence-electron chi connectivity index (χ0n) is 19.9. The van der Waals surface area contributed by atoms with Crippen molar-refractivity contribution >= 4 is 0 Å². The third-order valence-corrected chi connectivity index (χ3v) is 8.58. The minimum atomic E-state index is 0.631. The third kappa shape index (κ3) is 6.24. The molecule has 0 heterocycles. The first kappa shape index (κ1) is 22.6. The molecular weight excluding hydrogens is 372 g/mol. The van der Waals surface area contributed by atoms with Crippen LogP contribution in [0.4, 0.5) is 0 Å². The highest BCUT2D eigenvalue weighted by atomic mass is 14.3. The van der Waals surface area contributed by atoms with E-state index in [-0.39, 0.29) is 0 Å². The van der Waals surface area contributed by atoms with E-state index in [1.165, 1.54) is 82.6 Å². The summed E-state index contributed by atoms with van der Waals surface area (Å²) in [5, 5.41) is 0. The summed E-state index contributed by atoms with van der Waals surface area (Å²) in [5.74, 6) is 4.86. The van der Waals surface area contributed by atoms with Gasteiger partial charge in [0.05, 0.1) is 0 Å². The van der Waals surface area contributed by atoms with E-state index in [4.69, 9.17) is 0 Å². The lowest BCUT2D eigenvalue weighted by Crippen LogP contribution is -2.22. The minimum absolute atomic E-state index is 0.631. The summed E-state index contributed by atoms with van der Waals surface area (Å²) in [5.41, 5.74) is 3.08. The first-order valence-corrected chi connectivity index (χ1v) is 13.3. The molecule has 31 heavy (non-hydrogen) atoms. The van der Waals surface area contributed by atoms with Crippen LogP contribution in [0.15, 0.2) is 61.2 Å². The molecule has 1 aromatic rings. The lowest BCUT2D eigenvalue weighted by molar-refractivity contribution is 0.235. The maximum absolute atomic E-state index is 3.96. The molecule has 0 aromatic heterocycles. The molecule has 2 fully saturated rings. The SMILES string of the molecule is C=CC1C=CC(C2CCC(/C=C/C3CCC(c4ccc(CCC)cc4)CC3)CC2)CC1. The summed E-state index contributed by atoms with van der Waals surface area (Å²) in [6.45, 7) is 6.23. The number of benzene rings is 1. The van der Waals surface area contributed by atoms with E-state index in [0.29, 0.717) is 5.92 Å². The Labute approximate surface area is 191 Å².